The average molecular weight is 458 g/mol. The largest absolute Gasteiger partial charge is 0.481 e. The molecule has 0 saturated carbocycles. The number of carbonyl (C=O) groups excluding carboxylic acids is 2. The summed E-state index contributed by atoms with van der Waals surface area (Å²) in [6.07, 6.45) is 0.998. The van der Waals surface area contributed by atoms with Crippen molar-refractivity contribution in [2.75, 3.05) is 23.9 Å². The second-order valence-corrected chi connectivity index (χ2v) is 9.25. The van der Waals surface area contributed by atoms with Crippen LogP contribution >= 0.6 is 11.3 Å². The van der Waals surface area contributed by atoms with E-state index >= 15 is 0 Å². The highest BCUT2D eigenvalue weighted by molar-refractivity contribution is 7.11. The first-order valence-corrected chi connectivity index (χ1v) is 11.5. The van der Waals surface area contributed by atoms with Crippen LogP contribution in [-0.4, -0.2) is 30.5 Å². The molecule has 1 aromatic heterocycles. The number of nitrogens with zero attached hydrogens (tertiary/aromatic N) is 2. The third kappa shape index (κ3) is 4.32. The lowest BCUT2D eigenvalue weighted by atomic mass is 10.0. The number of ether oxygens (including phenoxy) is 1. The molecule has 7 heteroatoms. The van der Waals surface area contributed by atoms with Crippen molar-refractivity contribution in [3.63, 3.8) is 0 Å². The highest BCUT2D eigenvalue weighted by Crippen LogP contribution is 2.34. The van der Waals surface area contributed by atoms with E-state index in [0.717, 1.165) is 22.0 Å². The highest BCUT2D eigenvalue weighted by atomic mass is 32.1. The summed E-state index contributed by atoms with van der Waals surface area (Å²) in [5.74, 6) is 0.374. The van der Waals surface area contributed by atoms with Crippen LogP contribution in [0.15, 0.2) is 60.7 Å². The summed E-state index contributed by atoms with van der Waals surface area (Å²) in [4.78, 5) is 31.7. The van der Waals surface area contributed by atoms with Gasteiger partial charge in [0.2, 0.25) is 5.91 Å². The van der Waals surface area contributed by atoms with Crippen LogP contribution in [0.4, 0.5) is 11.4 Å². The number of anilines is 2. The van der Waals surface area contributed by atoms with E-state index in [0.29, 0.717) is 17.1 Å². The quantitative estimate of drug-likeness (QED) is 0.470. The molecule has 1 aliphatic rings. The van der Waals surface area contributed by atoms with Gasteiger partial charge in [0.05, 0.1) is 22.8 Å². The van der Waals surface area contributed by atoms with E-state index in [2.05, 4.69) is 41.7 Å². The lowest BCUT2D eigenvalue weighted by Crippen LogP contribution is -2.35. The molecular weight excluding hydrogens is 434 g/mol. The van der Waals surface area contributed by atoms with Gasteiger partial charge in [-0.05, 0) is 35.4 Å². The Kier molecular flexibility index (Phi) is 5.56. The van der Waals surface area contributed by atoms with Crippen molar-refractivity contribution < 1.29 is 14.3 Å². The fourth-order valence-electron chi connectivity index (χ4n) is 4.04. The number of thiazole rings is 1. The smallest absolute Gasteiger partial charge is 0.264 e. The van der Waals surface area contributed by atoms with Crippen LogP contribution < -0.4 is 15.0 Å². The van der Waals surface area contributed by atoms with E-state index in [1.165, 1.54) is 16.3 Å². The molecule has 0 saturated heterocycles. The summed E-state index contributed by atoms with van der Waals surface area (Å²) in [5, 5.41) is 6.38. The maximum atomic E-state index is 12.7. The third-order valence-corrected chi connectivity index (χ3v) is 6.97. The van der Waals surface area contributed by atoms with Crippen molar-refractivity contribution in [3.05, 3.63) is 81.8 Å². The Hall–Kier alpha value is -3.71. The minimum Gasteiger partial charge on any atom is -0.481 e. The van der Waals surface area contributed by atoms with E-state index in [9.17, 15) is 9.59 Å². The number of aryl methyl sites for hydroxylation is 1. The Labute approximate surface area is 195 Å². The molecule has 5 rings (SSSR count). The number of aromatic nitrogens is 1. The Morgan fingerprint density at radius 2 is 1.97 bits per heavy atom. The number of nitrogens with one attached hydrogen (secondary N) is 1. The summed E-state index contributed by atoms with van der Waals surface area (Å²) in [5.41, 5.74) is 3.45. The van der Waals surface area contributed by atoms with Crippen LogP contribution in [0.25, 0.3) is 10.8 Å². The minimum absolute atomic E-state index is 0.000433. The van der Waals surface area contributed by atoms with Gasteiger partial charge in [-0.3, -0.25) is 9.59 Å². The van der Waals surface area contributed by atoms with E-state index in [1.54, 1.807) is 41.5 Å². The first-order chi connectivity index (χ1) is 16.0. The van der Waals surface area contributed by atoms with Crippen molar-refractivity contribution in [1.29, 1.82) is 0 Å². The second-order valence-electron chi connectivity index (χ2n) is 8.08. The summed E-state index contributed by atoms with van der Waals surface area (Å²) >= 11 is 1.58. The summed E-state index contributed by atoms with van der Waals surface area (Å²) in [6.45, 7) is 1.95. The third-order valence-electron chi connectivity index (χ3n) is 5.81. The highest BCUT2D eigenvalue weighted by Gasteiger charge is 2.22. The monoisotopic (exact) mass is 457 g/mol. The first kappa shape index (κ1) is 21.2. The predicted molar refractivity (Wildman–Crippen MR) is 131 cm³/mol. The van der Waals surface area contributed by atoms with Gasteiger partial charge in [0, 0.05) is 30.1 Å². The Balaban J connectivity index is 1.28. The summed E-state index contributed by atoms with van der Waals surface area (Å²) < 4.78 is 5.51. The van der Waals surface area contributed by atoms with Gasteiger partial charge in [-0.1, -0.05) is 42.5 Å². The van der Waals surface area contributed by atoms with Gasteiger partial charge in [-0.2, -0.15) is 0 Å². The molecule has 33 heavy (non-hydrogen) atoms. The fraction of sp³-hybridized carbons (Fsp3) is 0.192. The number of hydrogen-bond donors (Lipinski definition) is 1. The maximum absolute atomic E-state index is 12.7. The second kappa shape index (κ2) is 8.67. The Morgan fingerprint density at radius 1 is 1.15 bits per heavy atom. The van der Waals surface area contributed by atoms with Gasteiger partial charge in [0.15, 0.2) is 6.61 Å². The number of rotatable bonds is 5. The van der Waals surface area contributed by atoms with Gasteiger partial charge in [0.1, 0.15) is 5.75 Å². The normalized spacial score (nSPS) is 13.0. The van der Waals surface area contributed by atoms with Crippen LogP contribution in [0.1, 0.15) is 21.1 Å². The van der Waals surface area contributed by atoms with E-state index in [4.69, 9.17) is 9.72 Å². The molecule has 4 aromatic rings. The molecule has 0 spiro atoms. The van der Waals surface area contributed by atoms with Gasteiger partial charge in [-0.15, -0.1) is 11.3 Å². The van der Waals surface area contributed by atoms with Crippen molar-refractivity contribution in [2.45, 2.75) is 19.8 Å². The molecule has 0 unspecified atom stereocenters. The number of fused-ring (bicyclic) bond motifs is 2. The number of benzene rings is 3. The molecule has 0 fully saturated rings. The SMILES string of the molecule is Cc1nc(Cc2cccc3ccccc23)sc1CC(=O)Nc1ccc2c(c1)OCC(=O)N2C. The minimum atomic E-state index is -0.112. The average Bonchev–Trinajstić information content (AvgIpc) is 3.15. The van der Waals surface area contributed by atoms with Crippen LogP contribution in [-0.2, 0) is 22.4 Å². The molecule has 2 amide bonds. The molecule has 1 N–H and O–H groups in total. The van der Waals surface area contributed by atoms with Gasteiger partial charge in [0.25, 0.3) is 5.91 Å². The molecule has 3 aromatic carbocycles. The van der Waals surface area contributed by atoms with Gasteiger partial charge in [-0.25, -0.2) is 4.98 Å². The summed E-state index contributed by atoms with van der Waals surface area (Å²) in [6, 6.07) is 20.0. The topological polar surface area (TPSA) is 71.5 Å². The number of carbonyl (C=O) groups is 2. The Morgan fingerprint density at radius 3 is 2.85 bits per heavy atom. The van der Waals surface area contributed by atoms with Crippen molar-refractivity contribution in [3.8, 4) is 5.75 Å². The van der Waals surface area contributed by atoms with Crippen molar-refractivity contribution >= 4 is 45.3 Å². The lowest BCUT2D eigenvalue weighted by molar-refractivity contribution is -0.121. The number of likely N-dealkylation sites (N-methyl/N-ethyl adjacent to an activating group) is 1. The standard InChI is InChI=1S/C26H23N3O3S/c1-16-23(33-25(27-16)12-18-8-5-7-17-6-3-4-9-20(17)18)14-24(30)28-19-10-11-21-22(13-19)32-15-26(31)29(21)2/h3-11,13H,12,14-15H2,1-2H3,(H,28,30). The molecule has 0 bridgehead atoms. The molecule has 0 aliphatic carbocycles. The zero-order valence-electron chi connectivity index (χ0n) is 18.4. The molecule has 0 radical (unpaired) electrons. The van der Waals surface area contributed by atoms with E-state index in [-0.39, 0.29) is 24.8 Å². The molecule has 2 heterocycles. The van der Waals surface area contributed by atoms with E-state index < -0.39 is 0 Å². The van der Waals surface area contributed by atoms with E-state index in [1.807, 2.05) is 13.0 Å². The van der Waals surface area contributed by atoms with Crippen molar-refractivity contribution in [2.24, 2.45) is 0 Å². The molecular formula is C26H23N3O3S. The number of amides is 2. The first-order valence-electron chi connectivity index (χ1n) is 10.7. The summed E-state index contributed by atoms with van der Waals surface area (Å²) in [7, 11) is 1.71. The zero-order valence-corrected chi connectivity index (χ0v) is 19.2. The van der Waals surface area contributed by atoms with Crippen LogP contribution in [0.3, 0.4) is 0 Å². The van der Waals surface area contributed by atoms with Crippen LogP contribution in [0, 0.1) is 6.92 Å². The predicted octanol–water partition coefficient (Wildman–Crippen LogP) is 4.73. The number of hydrogen-bond acceptors (Lipinski definition) is 5. The van der Waals surface area contributed by atoms with Crippen LogP contribution in [0.5, 0.6) is 5.75 Å². The Bertz CT molecular complexity index is 1370. The molecule has 1 aliphatic heterocycles. The van der Waals surface area contributed by atoms with Crippen molar-refractivity contribution in [1.82, 2.24) is 4.98 Å². The van der Waals surface area contributed by atoms with Gasteiger partial charge < -0.3 is 15.0 Å². The molecule has 166 valence electrons. The molecule has 0 atom stereocenters. The fourth-order valence-corrected chi connectivity index (χ4v) is 5.14. The maximum Gasteiger partial charge on any atom is 0.264 e. The molecule has 6 nitrogen and oxygen atoms in total. The van der Waals surface area contributed by atoms with Crippen LogP contribution in [0.2, 0.25) is 0 Å². The lowest BCUT2D eigenvalue weighted by Gasteiger charge is -2.26. The zero-order chi connectivity index (χ0) is 22.9. The van der Waals surface area contributed by atoms with Gasteiger partial charge >= 0.3 is 0 Å².